The highest BCUT2D eigenvalue weighted by Gasteiger charge is 2.36. The lowest BCUT2D eigenvalue weighted by Gasteiger charge is -2.19. The Bertz CT molecular complexity index is 564. The van der Waals surface area contributed by atoms with E-state index in [1.165, 1.54) is 9.80 Å². The Morgan fingerprint density at radius 2 is 2.29 bits per heavy atom. The Morgan fingerprint density at radius 3 is 2.81 bits per heavy atom. The van der Waals surface area contributed by atoms with E-state index in [1.807, 2.05) is 0 Å². The molecule has 2 aliphatic rings. The number of nitriles is 1. The molecule has 3 amide bonds. The monoisotopic (exact) mass is 308 g/mol. The van der Waals surface area contributed by atoms with Crippen LogP contribution in [0.25, 0.3) is 0 Å². The van der Waals surface area contributed by atoms with Crippen molar-refractivity contribution in [2.24, 2.45) is 5.92 Å². The van der Waals surface area contributed by atoms with Gasteiger partial charge in [-0.3, -0.25) is 4.79 Å². The van der Waals surface area contributed by atoms with Crippen molar-refractivity contribution < 1.29 is 9.59 Å². The van der Waals surface area contributed by atoms with Crippen molar-refractivity contribution in [3.63, 3.8) is 0 Å². The number of hydrogen-bond acceptors (Lipinski definition) is 3. The van der Waals surface area contributed by atoms with Crippen LogP contribution in [0.3, 0.4) is 0 Å². The summed E-state index contributed by atoms with van der Waals surface area (Å²) in [6.45, 7) is 0.675. The minimum atomic E-state index is -0.485. The highest BCUT2D eigenvalue weighted by molar-refractivity contribution is 6.30. The molecule has 0 aromatic carbocycles. The van der Waals surface area contributed by atoms with Crippen molar-refractivity contribution in [1.82, 2.24) is 15.1 Å². The van der Waals surface area contributed by atoms with E-state index in [9.17, 15) is 9.59 Å². The van der Waals surface area contributed by atoms with E-state index in [4.69, 9.17) is 16.9 Å². The third-order valence-corrected chi connectivity index (χ3v) is 4.14. The van der Waals surface area contributed by atoms with Crippen LogP contribution in [0, 0.1) is 17.2 Å². The van der Waals surface area contributed by atoms with Gasteiger partial charge < -0.3 is 15.1 Å². The molecule has 1 saturated heterocycles. The van der Waals surface area contributed by atoms with E-state index >= 15 is 0 Å². The minimum Gasteiger partial charge on any atom is -0.350 e. The van der Waals surface area contributed by atoms with Gasteiger partial charge in [0.1, 0.15) is 6.04 Å². The quantitative estimate of drug-likeness (QED) is 0.847. The van der Waals surface area contributed by atoms with Crippen molar-refractivity contribution in [3.8, 4) is 6.07 Å². The zero-order valence-electron chi connectivity index (χ0n) is 12.0. The lowest BCUT2D eigenvalue weighted by atomic mass is 9.97. The Balaban J connectivity index is 1.93. The summed E-state index contributed by atoms with van der Waals surface area (Å²) in [7, 11) is 3.28. The predicted octanol–water partition coefficient (Wildman–Crippen LogP) is 1.06. The summed E-state index contributed by atoms with van der Waals surface area (Å²) in [4.78, 5) is 26.7. The maximum atomic E-state index is 12.1. The second-order valence-corrected chi connectivity index (χ2v) is 5.69. The molecule has 1 N–H and O–H groups in total. The third kappa shape index (κ3) is 3.19. The normalized spacial score (nSPS) is 25.3. The van der Waals surface area contributed by atoms with E-state index in [2.05, 4.69) is 11.4 Å². The van der Waals surface area contributed by atoms with Gasteiger partial charge in [-0.1, -0.05) is 23.8 Å². The zero-order valence-corrected chi connectivity index (χ0v) is 12.7. The van der Waals surface area contributed by atoms with Gasteiger partial charge in [0.25, 0.3) is 0 Å². The molecule has 1 fully saturated rings. The Hall–Kier alpha value is -2.00. The summed E-state index contributed by atoms with van der Waals surface area (Å²) >= 11 is 6.13. The van der Waals surface area contributed by atoms with Crippen molar-refractivity contribution in [2.45, 2.75) is 12.5 Å². The van der Waals surface area contributed by atoms with E-state index in [1.54, 1.807) is 26.2 Å². The Kier molecular flexibility index (Phi) is 4.53. The second-order valence-electron chi connectivity index (χ2n) is 5.24. The molecule has 0 aromatic rings. The average Bonchev–Trinajstić information content (AvgIpc) is 2.73. The molecule has 2 atom stereocenters. The average molecular weight is 309 g/mol. The molecule has 0 saturated carbocycles. The first kappa shape index (κ1) is 15.4. The first-order valence-electron chi connectivity index (χ1n) is 6.65. The first-order chi connectivity index (χ1) is 9.93. The number of nitrogens with zero attached hydrogens (tertiary/aromatic N) is 3. The lowest BCUT2D eigenvalue weighted by molar-refractivity contribution is -0.124. The molecule has 1 aliphatic carbocycles. The van der Waals surface area contributed by atoms with Crippen molar-refractivity contribution in [2.75, 3.05) is 27.2 Å². The number of likely N-dealkylation sites (N-methyl/N-ethyl adjacent to an activating group) is 2. The largest absolute Gasteiger partial charge is 0.350 e. The molecule has 0 aromatic heterocycles. The number of amides is 3. The standard InChI is InChI=1S/C14H17ClN4O2/c1-18-8-12(19(2)14(18)21)13(20)17-7-10-4-3-9(6-16)5-11(10)15/h3-4,9,12H,5,7-8H2,1-2H3,(H,17,20). The molecule has 1 heterocycles. The van der Waals surface area contributed by atoms with Gasteiger partial charge in [-0.2, -0.15) is 5.26 Å². The molecule has 112 valence electrons. The summed E-state index contributed by atoms with van der Waals surface area (Å²) in [5.74, 6) is -0.410. The number of nitrogens with one attached hydrogen (secondary N) is 1. The van der Waals surface area contributed by atoms with Gasteiger partial charge >= 0.3 is 6.03 Å². The maximum absolute atomic E-state index is 12.1. The molecular weight excluding hydrogens is 292 g/mol. The van der Waals surface area contributed by atoms with Gasteiger partial charge in [0.15, 0.2) is 0 Å². The molecule has 0 spiro atoms. The third-order valence-electron chi connectivity index (χ3n) is 3.74. The predicted molar refractivity (Wildman–Crippen MR) is 78.3 cm³/mol. The van der Waals surface area contributed by atoms with Crippen molar-refractivity contribution >= 4 is 23.5 Å². The summed E-state index contributed by atoms with van der Waals surface area (Å²) < 4.78 is 0. The number of hydrogen-bond donors (Lipinski definition) is 1. The van der Waals surface area contributed by atoms with E-state index < -0.39 is 6.04 Å². The smallest absolute Gasteiger partial charge is 0.320 e. The van der Waals surface area contributed by atoms with Crippen LogP contribution >= 0.6 is 11.6 Å². The summed E-state index contributed by atoms with van der Waals surface area (Å²) in [5, 5.41) is 12.2. The Labute approximate surface area is 128 Å². The van der Waals surface area contributed by atoms with Crippen LogP contribution in [0.15, 0.2) is 22.8 Å². The molecular formula is C14H17ClN4O2. The number of urea groups is 1. The van der Waals surface area contributed by atoms with Crippen LogP contribution < -0.4 is 5.32 Å². The summed E-state index contributed by atoms with van der Waals surface area (Å²) in [6, 6.07) is 1.49. The van der Waals surface area contributed by atoms with Crippen molar-refractivity contribution in [1.29, 1.82) is 5.26 Å². The van der Waals surface area contributed by atoms with Gasteiger partial charge in [0.05, 0.1) is 18.5 Å². The SMILES string of the molecule is CN1CC(C(=O)NCC2=C(Cl)CC(C#N)C=C2)N(C)C1=O. The number of carbonyl (C=O) groups is 2. The Morgan fingerprint density at radius 1 is 1.57 bits per heavy atom. The fourth-order valence-corrected chi connectivity index (χ4v) is 2.68. The highest BCUT2D eigenvalue weighted by Crippen LogP contribution is 2.25. The topological polar surface area (TPSA) is 76.4 Å². The summed E-state index contributed by atoms with van der Waals surface area (Å²) in [5.41, 5.74) is 0.803. The van der Waals surface area contributed by atoms with Gasteiger partial charge in [-0.15, -0.1) is 0 Å². The number of allylic oxidation sites excluding steroid dienone is 2. The van der Waals surface area contributed by atoms with Gasteiger partial charge in [0, 0.05) is 32.1 Å². The molecule has 0 bridgehead atoms. The highest BCUT2D eigenvalue weighted by atomic mass is 35.5. The second kappa shape index (κ2) is 6.19. The molecule has 2 rings (SSSR count). The van der Waals surface area contributed by atoms with Gasteiger partial charge in [-0.25, -0.2) is 4.79 Å². The number of carbonyl (C=O) groups excluding carboxylic acids is 2. The maximum Gasteiger partial charge on any atom is 0.320 e. The van der Waals surface area contributed by atoms with Crippen LogP contribution in [0.4, 0.5) is 4.79 Å². The molecule has 1 aliphatic heterocycles. The van der Waals surface area contributed by atoms with E-state index in [-0.39, 0.29) is 17.9 Å². The van der Waals surface area contributed by atoms with E-state index in [0.29, 0.717) is 24.5 Å². The van der Waals surface area contributed by atoms with Crippen LogP contribution in [0.5, 0.6) is 0 Å². The van der Waals surface area contributed by atoms with Crippen LogP contribution in [-0.4, -0.2) is 55.0 Å². The van der Waals surface area contributed by atoms with Crippen LogP contribution in [-0.2, 0) is 4.79 Å². The molecule has 2 unspecified atom stereocenters. The number of rotatable bonds is 3. The number of halogens is 1. The van der Waals surface area contributed by atoms with E-state index in [0.717, 1.165) is 5.57 Å². The first-order valence-corrected chi connectivity index (χ1v) is 7.02. The molecule has 21 heavy (non-hydrogen) atoms. The molecule has 7 heteroatoms. The lowest BCUT2D eigenvalue weighted by Crippen LogP contribution is -2.44. The van der Waals surface area contributed by atoms with Gasteiger partial charge in [-0.05, 0) is 5.57 Å². The fourth-order valence-electron chi connectivity index (χ4n) is 2.38. The zero-order chi connectivity index (χ0) is 15.6. The van der Waals surface area contributed by atoms with Crippen LogP contribution in [0.1, 0.15) is 6.42 Å². The summed E-state index contributed by atoms with van der Waals surface area (Å²) in [6.07, 6.45) is 4.03. The fraction of sp³-hybridized carbons (Fsp3) is 0.500. The van der Waals surface area contributed by atoms with Gasteiger partial charge in [0.2, 0.25) is 5.91 Å². The van der Waals surface area contributed by atoms with Crippen LogP contribution in [0.2, 0.25) is 0 Å². The van der Waals surface area contributed by atoms with Crippen molar-refractivity contribution in [3.05, 3.63) is 22.8 Å². The molecule has 6 nitrogen and oxygen atoms in total. The molecule has 0 radical (unpaired) electrons. The minimum absolute atomic E-state index is 0.165.